The lowest BCUT2D eigenvalue weighted by molar-refractivity contribution is 1.15. The molecule has 0 aliphatic rings. The first-order chi connectivity index (χ1) is 25.8. The molecule has 10 rings (SSSR count). The lowest BCUT2D eigenvalue weighted by Gasteiger charge is -2.31. The number of nitrogens with zero attached hydrogens (tertiary/aromatic N) is 2. The van der Waals surface area contributed by atoms with E-state index in [1.54, 1.807) is 0 Å². The molecule has 0 N–H and O–H groups in total. The molecule has 0 bridgehead atoms. The van der Waals surface area contributed by atoms with Crippen LogP contribution in [0, 0.1) is 0 Å². The van der Waals surface area contributed by atoms with Gasteiger partial charge in [0.05, 0.1) is 28.1 Å². The topological polar surface area (TPSA) is 8.17 Å². The number of para-hydroxylation sites is 5. The molecule has 52 heavy (non-hydrogen) atoms. The van der Waals surface area contributed by atoms with E-state index in [0.717, 1.165) is 28.3 Å². The molecule has 0 unspecified atom stereocenters. The Balaban J connectivity index is 1.27. The molecule has 0 fully saturated rings. The molecule has 0 radical (unpaired) electrons. The lowest BCUT2D eigenvalue weighted by Crippen LogP contribution is -2.14. The van der Waals surface area contributed by atoms with Crippen LogP contribution in [0.2, 0.25) is 0 Å². The van der Waals surface area contributed by atoms with Crippen molar-refractivity contribution in [1.29, 1.82) is 0 Å². The first-order valence-corrected chi connectivity index (χ1v) is 17.9. The van der Waals surface area contributed by atoms with Crippen LogP contribution in [-0.4, -0.2) is 4.57 Å². The zero-order valence-electron chi connectivity index (χ0n) is 28.5. The van der Waals surface area contributed by atoms with Crippen molar-refractivity contribution >= 4 is 60.4 Å². The van der Waals surface area contributed by atoms with Crippen molar-refractivity contribution in [2.75, 3.05) is 4.90 Å². The number of benzene rings is 9. The van der Waals surface area contributed by atoms with Gasteiger partial charge in [-0.25, -0.2) is 0 Å². The van der Waals surface area contributed by atoms with Crippen molar-refractivity contribution in [1.82, 2.24) is 4.57 Å². The largest absolute Gasteiger partial charge is 0.308 e. The summed E-state index contributed by atoms with van der Waals surface area (Å²) in [5.74, 6) is 0. The fourth-order valence-electron chi connectivity index (χ4n) is 7.88. The van der Waals surface area contributed by atoms with Crippen LogP contribution < -0.4 is 4.90 Å². The van der Waals surface area contributed by atoms with E-state index in [2.05, 4.69) is 216 Å². The molecule has 10 aromatic rings. The van der Waals surface area contributed by atoms with Gasteiger partial charge in [0, 0.05) is 22.0 Å². The van der Waals surface area contributed by atoms with Crippen LogP contribution in [0.1, 0.15) is 0 Å². The SMILES string of the molecule is c1ccc(N(c2cc(-c3ccc4ccccc4c3)ccc2-c2ccc3ccccc3c2)c2ccccc2-n2c3ccccc3c3ccccc32)cc1. The number of hydrogen-bond donors (Lipinski definition) is 0. The third-order valence-electron chi connectivity index (χ3n) is 10.3. The molecule has 0 saturated heterocycles. The van der Waals surface area contributed by atoms with Gasteiger partial charge in [-0.15, -0.1) is 0 Å². The van der Waals surface area contributed by atoms with Crippen LogP contribution in [0.4, 0.5) is 17.1 Å². The molecule has 244 valence electrons. The van der Waals surface area contributed by atoms with Gasteiger partial charge >= 0.3 is 0 Å². The molecule has 0 aliphatic heterocycles. The van der Waals surface area contributed by atoms with Crippen LogP contribution in [0.5, 0.6) is 0 Å². The van der Waals surface area contributed by atoms with E-state index in [1.165, 1.54) is 60.0 Å². The van der Waals surface area contributed by atoms with E-state index in [9.17, 15) is 0 Å². The summed E-state index contributed by atoms with van der Waals surface area (Å²) < 4.78 is 2.43. The molecule has 0 aliphatic carbocycles. The van der Waals surface area contributed by atoms with Crippen LogP contribution in [0.25, 0.3) is 71.3 Å². The van der Waals surface area contributed by atoms with E-state index >= 15 is 0 Å². The molecule has 2 heteroatoms. The monoisotopic (exact) mass is 662 g/mol. The first-order valence-electron chi connectivity index (χ1n) is 17.9. The quantitative estimate of drug-likeness (QED) is 0.172. The predicted octanol–water partition coefficient (Wildman–Crippen LogP) is 13.9. The Morgan fingerprint density at radius 1 is 0.327 bits per heavy atom. The number of anilines is 3. The Bertz CT molecular complexity index is 2860. The molecule has 0 saturated carbocycles. The molecular formula is C50H34N2. The van der Waals surface area contributed by atoms with Gasteiger partial charge in [-0.3, -0.25) is 0 Å². The zero-order valence-corrected chi connectivity index (χ0v) is 28.5. The van der Waals surface area contributed by atoms with E-state index in [-0.39, 0.29) is 0 Å². The van der Waals surface area contributed by atoms with Crippen LogP contribution in [-0.2, 0) is 0 Å². The van der Waals surface area contributed by atoms with Gasteiger partial charge in [-0.05, 0) is 92.8 Å². The number of rotatable bonds is 6. The van der Waals surface area contributed by atoms with E-state index < -0.39 is 0 Å². The van der Waals surface area contributed by atoms with Crippen molar-refractivity contribution in [2.45, 2.75) is 0 Å². The minimum atomic E-state index is 1.09. The van der Waals surface area contributed by atoms with Crippen LogP contribution in [0.3, 0.4) is 0 Å². The van der Waals surface area contributed by atoms with Gasteiger partial charge < -0.3 is 9.47 Å². The van der Waals surface area contributed by atoms with Gasteiger partial charge in [-0.1, -0.05) is 152 Å². The second-order valence-electron chi connectivity index (χ2n) is 13.4. The van der Waals surface area contributed by atoms with E-state index in [0.29, 0.717) is 0 Å². The summed E-state index contributed by atoms with van der Waals surface area (Å²) in [6.45, 7) is 0. The third-order valence-corrected chi connectivity index (χ3v) is 10.3. The molecule has 0 atom stereocenters. The van der Waals surface area contributed by atoms with Gasteiger partial charge in [0.1, 0.15) is 0 Å². The Kier molecular flexibility index (Phi) is 7.18. The van der Waals surface area contributed by atoms with E-state index in [4.69, 9.17) is 0 Å². The minimum Gasteiger partial charge on any atom is -0.308 e. The second-order valence-corrected chi connectivity index (χ2v) is 13.4. The molecule has 0 amide bonds. The molecule has 2 nitrogen and oxygen atoms in total. The van der Waals surface area contributed by atoms with Crippen molar-refractivity contribution < 1.29 is 0 Å². The van der Waals surface area contributed by atoms with Crippen molar-refractivity contribution in [3.63, 3.8) is 0 Å². The van der Waals surface area contributed by atoms with Gasteiger partial charge in [-0.2, -0.15) is 0 Å². The fourth-order valence-corrected chi connectivity index (χ4v) is 7.88. The molecule has 1 aromatic heterocycles. The predicted molar refractivity (Wildman–Crippen MR) is 221 cm³/mol. The summed E-state index contributed by atoms with van der Waals surface area (Å²) in [5, 5.41) is 7.42. The molecule has 1 heterocycles. The normalized spacial score (nSPS) is 11.5. The Morgan fingerprint density at radius 2 is 0.827 bits per heavy atom. The van der Waals surface area contributed by atoms with Gasteiger partial charge in [0.15, 0.2) is 0 Å². The highest BCUT2D eigenvalue weighted by Gasteiger charge is 2.23. The summed E-state index contributed by atoms with van der Waals surface area (Å²) >= 11 is 0. The maximum absolute atomic E-state index is 2.45. The minimum absolute atomic E-state index is 1.09. The summed E-state index contributed by atoms with van der Waals surface area (Å²) in [7, 11) is 0. The average Bonchev–Trinajstić information content (AvgIpc) is 3.55. The highest BCUT2D eigenvalue weighted by atomic mass is 15.2. The number of hydrogen-bond acceptors (Lipinski definition) is 1. The van der Waals surface area contributed by atoms with Gasteiger partial charge in [0.2, 0.25) is 0 Å². The summed E-state index contributed by atoms with van der Waals surface area (Å²) in [4.78, 5) is 2.45. The summed E-state index contributed by atoms with van der Waals surface area (Å²) in [5.41, 5.74) is 11.5. The maximum Gasteiger partial charge on any atom is 0.0702 e. The van der Waals surface area contributed by atoms with E-state index in [1.807, 2.05) is 0 Å². The zero-order chi connectivity index (χ0) is 34.4. The highest BCUT2D eigenvalue weighted by Crippen LogP contribution is 2.46. The summed E-state index contributed by atoms with van der Waals surface area (Å²) in [6, 6.07) is 74.9. The molecular weight excluding hydrogens is 629 g/mol. The average molecular weight is 663 g/mol. The van der Waals surface area contributed by atoms with Crippen molar-refractivity contribution in [3.05, 3.63) is 206 Å². The maximum atomic E-state index is 2.45. The van der Waals surface area contributed by atoms with Crippen molar-refractivity contribution in [3.8, 4) is 27.9 Å². The summed E-state index contributed by atoms with van der Waals surface area (Å²) in [6.07, 6.45) is 0. The van der Waals surface area contributed by atoms with Crippen molar-refractivity contribution in [2.24, 2.45) is 0 Å². The Labute approximate surface area is 303 Å². The Hall–Kier alpha value is -6.90. The van der Waals surface area contributed by atoms with Crippen LogP contribution in [0.15, 0.2) is 206 Å². The number of aromatic nitrogens is 1. The standard InChI is InChI=1S/C50H34N2/c1-2-18-42(19-3-1)51(48-24-12-13-25-49(48)52-46-22-10-8-20-44(46)45-21-9-11-23-47(45)52)50-34-40(39-28-26-35-14-4-6-16-37(35)32-39)30-31-43(50)41-29-27-36-15-5-7-17-38(36)33-41/h1-34H. The number of fused-ring (bicyclic) bond motifs is 5. The second kappa shape index (κ2) is 12.5. The molecule has 9 aromatic carbocycles. The van der Waals surface area contributed by atoms with Crippen LogP contribution >= 0.6 is 0 Å². The Morgan fingerprint density at radius 3 is 1.52 bits per heavy atom. The lowest BCUT2D eigenvalue weighted by atomic mass is 9.94. The van der Waals surface area contributed by atoms with Gasteiger partial charge in [0.25, 0.3) is 0 Å². The fraction of sp³-hybridized carbons (Fsp3) is 0. The molecule has 0 spiro atoms. The first kappa shape index (κ1) is 30.0. The third kappa shape index (κ3) is 5.04. The highest BCUT2D eigenvalue weighted by molar-refractivity contribution is 6.10. The smallest absolute Gasteiger partial charge is 0.0702 e.